The van der Waals surface area contributed by atoms with Gasteiger partial charge in [0, 0.05) is 17.6 Å². The Hall–Kier alpha value is -2.14. The minimum Gasteiger partial charge on any atom is -0.276 e. The summed E-state index contributed by atoms with van der Waals surface area (Å²) in [6.45, 7) is 2.09. The van der Waals surface area contributed by atoms with E-state index in [2.05, 4.69) is 34.2 Å². The van der Waals surface area contributed by atoms with Crippen LogP contribution >= 0.6 is 11.8 Å². The third-order valence-corrected chi connectivity index (χ3v) is 4.15. The van der Waals surface area contributed by atoms with Crippen LogP contribution in [-0.4, -0.2) is 25.5 Å². The second-order valence-electron chi connectivity index (χ2n) is 4.69. The van der Waals surface area contributed by atoms with Gasteiger partial charge in [0.05, 0.1) is 5.69 Å². The molecular weight excluding hydrogens is 280 g/mol. The van der Waals surface area contributed by atoms with E-state index in [4.69, 9.17) is 0 Å². The van der Waals surface area contributed by atoms with E-state index in [9.17, 15) is 0 Å². The van der Waals surface area contributed by atoms with Crippen LogP contribution in [0.25, 0.3) is 5.69 Å². The summed E-state index contributed by atoms with van der Waals surface area (Å²) in [6.07, 6.45) is 4.52. The van der Waals surface area contributed by atoms with Crippen molar-refractivity contribution in [1.82, 2.24) is 19.7 Å². The summed E-state index contributed by atoms with van der Waals surface area (Å²) in [5.74, 6) is 0.932. The number of thioether (sulfide) groups is 1. The number of aromatic nitrogens is 4. The number of aryl methyl sites for hydroxylation is 2. The highest BCUT2D eigenvalue weighted by molar-refractivity contribution is 7.99. The number of rotatable bonds is 5. The Labute approximate surface area is 128 Å². The first-order chi connectivity index (χ1) is 10.3. The lowest BCUT2D eigenvalue weighted by Crippen LogP contribution is -1.99. The molecule has 0 bridgehead atoms. The average molecular weight is 296 g/mol. The molecule has 0 radical (unpaired) electrons. The molecule has 0 saturated heterocycles. The van der Waals surface area contributed by atoms with Gasteiger partial charge in [-0.1, -0.05) is 36.0 Å². The fourth-order valence-electron chi connectivity index (χ4n) is 2.11. The second kappa shape index (κ2) is 6.54. The molecule has 0 unspecified atom stereocenters. The van der Waals surface area contributed by atoms with Gasteiger partial charge in [-0.2, -0.15) is 0 Å². The van der Waals surface area contributed by atoms with Gasteiger partial charge in [0.25, 0.3) is 0 Å². The van der Waals surface area contributed by atoms with Crippen LogP contribution in [-0.2, 0) is 6.42 Å². The molecule has 1 aromatic carbocycles. The fourth-order valence-corrected chi connectivity index (χ4v) is 3.00. The van der Waals surface area contributed by atoms with Crippen LogP contribution in [0.15, 0.2) is 60.1 Å². The van der Waals surface area contributed by atoms with E-state index in [0.29, 0.717) is 0 Å². The third kappa shape index (κ3) is 3.31. The molecule has 2 heterocycles. The Morgan fingerprint density at radius 2 is 1.95 bits per heavy atom. The van der Waals surface area contributed by atoms with Crippen molar-refractivity contribution in [3.8, 4) is 5.69 Å². The highest BCUT2D eigenvalue weighted by atomic mass is 32.2. The van der Waals surface area contributed by atoms with E-state index in [1.165, 1.54) is 5.56 Å². The van der Waals surface area contributed by atoms with Crippen molar-refractivity contribution in [3.05, 3.63) is 66.2 Å². The van der Waals surface area contributed by atoms with Crippen LogP contribution in [0, 0.1) is 6.92 Å². The van der Waals surface area contributed by atoms with Gasteiger partial charge < -0.3 is 0 Å². The number of nitrogens with zero attached hydrogens (tertiary/aromatic N) is 4. The first-order valence-corrected chi connectivity index (χ1v) is 7.82. The molecule has 3 rings (SSSR count). The minimum atomic E-state index is 0.917. The molecule has 4 nitrogen and oxygen atoms in total. The van der Waals surface area contributed by atoms with Crippen LogP contribution in [0.2, 0.25) is 0 Å². The van der Waals surface area contributed by atoms with Crippen molar-refractivity contribution in [2.45, 2.75) is 18.5 Å². The maximum Gasteiger partial charge on any atom is 0.195 e. The molecule has 0 amide bonds. The minimum absolute atomic E-state index is 0.917. The van der Waals surface area contributed by atoms with Crippen LogP contribution in [0.3, 0.4) is 0 Å². The highest BCUT2D eigenvalue weighted by Crippen LogP contribution is 2.22. The summed E-state index contributed by atoms with van der Waals surface area (Å²) < 4.78 is 2.04. The molecule has 0 saturated carbocycles. The summed E-state index contributed by atoms with van der Waals surface area (Å²) in [7, 11) is 0. The Bertz CT molecular complexity index is 709. The molecule has 3 aromatic rings. The number of para-hydroxylation sites is 1. The van der Waals surface area contributed by atoms with Gasteiger partial charge in [-0.05, 0) is 37.1 Å². The van der Waals surface area contributed by atoms with Gasteiger partial charge in [0.2, 0.25) is 0 Å². The number of hydrogen-bond donors (Lipinski definition) is 0. The van der Waals surface area contributed by atoms with E-state index in [1.54, 1.807) is 18.1 Å². The van der Waals surface area contributed by atoms with Crippen molar-refractivity contribution in [2.75, 3.05) is 5.75 Å². The van der Waals surface area contributed by atoms with Gasteiger partial charge in [0.1, 0.15) is 6.33 Å². The summed E-state index contributed by atoms with van der Waals surface area (Å²) >= 11 is 1.70. The molecule has 0 N–H and O–H groups in total. The normalized spacial score (nSPS) is 10.7. The zero-order valence-electron chi connectivity index (χ0n) is 11.8. The largest absolute Gasteiger partial charge is 0.276 e. The highest BCUT2D eigenvalue weighted by Gasteiger charge is 2.08. The maximum atomic E-state index is 4.34. The Kier molecular flexibility index (Phi) is 4.31. The lowest BCUT2D eigenvalue weighted by Gasteiger charge is -2.08. The second-order valence-corrected chi connectivity index (χ2v) is 5.75. The molecule has 2 aromatic heterocycles. The first-order valence-electron chi connectivity index (χ1n) is 6.83. The topological polar surface area (TPSA) is 43.6 Å². The van der Waals surface area contributed by atoms with E-state index in [-0.39, 0.29) is 0 Å². The van der Waals surface area contributed by atoms with Gasteiger partial charge in [-0.25, -0.2) is 0 Å². The van der Waals surface area contributed by atoms with Crippen molar-refractivity contribution < 1.29 is 0 Å². The Balaban J connectivity index is 1.70. The fraction of sp³-hybridized carbons (Fsp3) is 0.188. The predicted molar refractivity (Wildman–Crippen MR) is 84.8 cm³/mol. The zero-order valence-corrected chi connectivity index (χ0v) is 12.6. The van der Waals surface area contributed by atoms with Crippen LogP contribution < -0.4 is 0 Å². The molecule has 0 aliphatic carbocycles. The summed E-state index contributed by atoms with van der Waals surface area (Å²) in [6, 6.07) is 14.3. The number of hydrogen-bond acceptors (Lipinski definition) is 4. The van der Waals surface area contributed by atoms with Crippen LogP contribution in [0.1, 0.15) is 11.3 Å². The van der Waals surface area contributed by atoms with E-state index >= 15 is 0 Å². The molecule has 106 valence electrons. The smallest absolute Gasteiger partial charge is 0.195 e. The molecule has 0 aliphatic heterocycles. The van der Waals surface area contributed by atoms with Crippen LogP contribution in [0.5, 0.6) is 0 Å². The molecule has 0 aliphatic rings. The molecular formula is C16H16N4S. The molecule has 0 fully saturated rings. The molecule has 21 heavy (non-hydrogen) atoms. The van der Waals surface area contributed by atoms with Gasteiger partial charge in [-0.15, -0.1) is 10.2 Å². The van der Waals surface area contributed by atoms with Gasteiger partial charge >= 0.3 is 0 Å². The quantitative estimate of drug-likeness (QED) is 0.678. The Morgan fingerprint density at radius 3 is 2.76 bits per heavy atom. The monoisotopic (exact) mass is 296 g/mol. The summed E-state index contributed by atoms with van der Waals surface area (Å²) in [5.41, 5.74) is 3.44. The van der Waals surface area contributed by atoms with Gasteiger partial charge in [-0.3, -0.25) is 9.55 Å². The standard InChI is InChI=1S/C16H16N4S/c1-13-6-2-3-8-15(13)20-12-18-19-16(20)21-11-9-14-7-4-5-10-17-14/h2-8,10,12H,9,11H2,1H3. The number of benzene rings is 1. The lowest BCUT2D eigenvalue weighted by atomic mass is 10.2. The van der Waals surface area contributed by atoms with Gasteiger partial charge in [0.15, 0.2) is 5.16 Å². The molecule has 0 spiro atoms. The maximum absolute atomic E-state index is 4.34. The van der Waals surface area contributed by atoms with Crippen molar-refractivity contribution in [2.24, 2.45) is 0 Å². The van der Waals surface area contributed by atoms with Crippen molar-refractivity contribution in [3.63, 3.8) is 0 Å². The first kappa shape index (κ1) is 13.8. The average Bonchev–Trinajstić information content (AvgIpc) is 2.97. The zero-order chi connectivity index (χ0) is 14.5. The van der Waals surface area contributed by atoms with E-state index < -0.39 is 0 Å². The Morgan fingerprint density at radius 1 is 1.10 bits per heavy atom. The SMILES string of the molecule is Cc1ccccc1-n1cnnc1SCCc1ccccn1. The van der Waals surface area contributed by atoms with Crippen molar-refractivity contribution in [1.29, 1.82) is 0 Å². The summed E-state index contributed by atoms with van der Waals surface area (Å²) in [4.78, 5) is 4.34. The predicted octanol–water partition coefficient (Wildman–Crippen LogP) is 3.31. The van der Waals surface area contributed by atoms with Crippen LogP contribution in [0.4, 0.5) is 0 Å². The lowest BCUT2D eigenvalue weighted by molar-refractivity contribution is 0.876. The van der Waals surface area contributed by atoms with E-state index in [1.807, 2.05) is 41.1 Å². The summed E-state index contributed by atoms with van der Waals surface area (Å²) in [5, 5.41) is 9.18. The third-order valence-electron chi connectivity index (χ3n) is 3.21. The van der Waals surface area contributed by atoms with E-state index in [0.717, 1.165) is 28.7 Å². The molecule has 5 heteroatoms. The molecule has 0 atom stereocenters. The van der Waals surface area contributed by atoms with Crippen molar-refractivity contribution >= 4 is 11.8 Å². The number of pyridine rings is 1.